The van der Waals surface area contributed by atoms with Crippen molar-refractivity contribution in [3.8, 4) is 11.8 Å². The monoisotopic (exact) mass is 1280 g/mol. The van der Waals surface area contributed by atoms with Crippen LogP contribution in [0.3, 0.4) is 0 Å². The second-order valence-corrected chi connectivity index (χ2v) is 27.8. The molecule has 4 saturated heterocycles. The van der Waals surface area contributed by atoms with Crippen LogP contribution in [0, 0.1) is 17.8 Å². The summed E-state index contributed by atoms with van der Waals surface area (Å²) in [6.07, 6.45) is 7.65. The molecular weight excluding hydrogens is 1200 g/mol. The second kappa shape index (κ2) is 26.9. The number of likely N-dealkylation sites (tertiary alicyclic amines) is 1. The van der Waals surface area contributed by atoms with Gasteiger partial charge in [-0.15, -0.1) is 11.3 Å². The van der Waals surface area contributed by atoms with E-state index >= 15 is 0 Å². The fraction of sp³-hybridized carbons (Fsp3) is 0.484. The number of hydrogen-bond acceptors (Lipinski definition) is 13. The average Bonchev–Trinajstić information content (AvgIpc) is 1.69. The summed E-state index contributed by atoms with van der Waals surface area (Å²) in [6.45, 7) is 10.6. The summed E-state index contributed by atoms with van der Waals surface area (Å²) in [5, 5.41) is 11.3. The van der Waals surface area contributed by atoms with Crippen LogP contribution < -0.4 is 27.0 Å². The maximum Gasteiger partial charge on any atom is 0.399 e. The number of imide groups is 1. The summed E-state index contributed by atoms with van der Waals surface area (Å²) in [7, 11) is -5.87. The number of anilines is 1. The van der Waals surface area contributed by atoms with E-state index < -0.39 is 84.6 Å². The third kappa shape index (κ3) is 14.3. The lowest BCUT2D eigenvalue weighted by Crippen LogP contribution is -2.62. The molecule has 22 nitrogen and oxygen atoms in total. The molecule has 0 aliphatic carbocycles. The minimum absolute atomic E-state index is 0.0150. The van der Waals surface area contributed by atoms with Crippen LogP contribution in [0.25, 0.3) is 10.1 Å². The van der Waals surface area contributed by atoms with Crippen LogP contribution >= 0.6 is 18.9 Å². The van der Waals surface area contributed by atoms with E-state index in [0.717, 1.165) is 46.6 Å². The average molecular weight is 1280 g/mol. The first-order valence-corrected chi connectivity index (χ1v) is 33.0. The number of benzene rings is 3. The lowest BCUT2D eigenvalue weighted by Gasteiger charge is -2.38. The first-order valence-electron chi connectivity index (χ1n) is 30.6. The molecule has 4 fully saturated rings. The van der Waals surface area contributed by atoms with E-state index in [0.29, 0.717) is 74.1 Å². The summed E-state index contributed by atoms with van der Waals surface area (Å²) in [4.78, 5) is 141. The SMILES string of the molecule is CCN1CC[C@H]2CC[C@@H](C(=O)NC(CCn3ccnc3N)C(=O)NC(Cc3ccc(C(C)(C)C)cc3)C(=O)N3CCC(CCC#Cc4cccc5c4CN(C4CCC(=O)NC4=O)C5=O)CC3)N2C(=O)[C@@H](NC(=O)c2cc3cc(C(F)(F)P(=O)(O)O)ccc3s2)C1. The van der Waals surface area contributed by atoms with Gasteiger partial charge in [0.05, 0.1) is 4.88 Å². The number of imidazole rings is 1. The Bertz CT molecular complexity index is 3710. The Balaban J connectivity index is 0.826. The summed E-state index contributed by atoms with van der Waals surface area (Å²) < 4.78 is 43.0. The number of likely N-dealkylation sites (N-methyl/N-ethyl adjacent to an activating group) is 1. The van der Waals surface area contributed by atoms with Crippen molar-refractivity contribution in [1.82, 2.24) is 50.4 Å². The minimum Gasteiger partial charge on any atom is -0.369 e. The molecule has 5 aromatic rings. The number of nitrogens with one attached hydrogen (secondary N) is 4. The van der Waals surface area contributed by atoms with Gasteiger partial charge in [0.15, 0.2) is 5.95 Å². The van der Waals surface area contributed by atoms with Crippen LogP contribution in [0.15, 0.2) is 79.1 Å². The third-order valence-electron chi connectivity index (χ3n) is 18.1. The Kier molecular flexibility index (Phi) is 19.5. The molecule has 0 spiro atoms. The molecule has 2 aromatic heterocycles. The van der Waals surface area contributed by atoms with Crippen LogP contribution in [0.1, 0.15) is 140 Å². The molecule has 0 bridgehead atoms. The summed E-state index contributed by atoms with van der Waals surface area (Å²) >= 11 is 0.947. The fourth-order valence-electron chi connectivity index (χ4n) is 12.8. The van der Waals surface area contributed by atoms with E-state index in [4.69, 9.17) is 5.73 Å². The molecule has 3 aromatic carbocycles. The molecule has 3 unspecified atom stereocenters. The summed E-state index contributed by atoms with van der Waals surface area (Å²) in [5.74, 6) is 3.12. The van der Waals surface area contributed by atoms with E-state index in [9.17, 15) is 61.5 Å². The maximum atomic E-state index is 15.0. The van der Waals surface area contributed by atoms with Crippen molar-refractivity contribution in [3.05, 3.63) is 117 Å². The van der Waals surface area contributed by atoms with Gasteiger partial charge in [-0.1, -0.05) is 75.9 Å². The zero-order chi connectivity index (χ0) is 64.4. The van der Waals surface area contributed by atoms with Crippen molar-refractivity contribution in [2.45, 2.75) is 159 Å². The van der Waals surface area contributed by atoms with Gasteiger partial charge in [-0.2, -0.15) is 8.78 Å². The zero-order valence-electron chi connectivity index (χ0n) is 50.7. The Hall–Kier alpha value is -7.88. The number of thiophene rings is 1. The maximum absolute atomic E-state index is 15.0. The fourth-order valence-corrected chi connectivity index (χ4v) is 14.2. The van der Waals surface area contributed by atoms with Crippen LogP contribution in [0.5, 0.6) is 0 Å². The van der Waals surface area contributed by atoms with Crippen LogP contribution in [0.4, 0.5) is 14.7 Å². The lowest BCUT2D eigenvalue weighted by molar-refractivity contribution is -0.144. The number of aryl methyl sites for hydroxylation is 1. The number of alkyl halides is 2. The molecule has 478 valence electrons. The lowest BCUT2D eigenvalue weighted by atomic mass is 9.86. The molecule has 6 atom stereocenters. The van der Waals surface area contributed by atoms with E-state index in [1.807, 2.05) is 42.2 Å². The predicted molar refractivity (Wildman–Crippen MR) is 331 cm³/mol. The van der Waals surface area contributed by atoms with Gasteiger partial charge in [-0.3, -0.25) is 48.2 Å². The van der Waals surface area contributed by atoms with Crippen molar-refractivity contribution in [2.24, 2.45) is 5.92 Å². The molecule has 0 saturated carbocycles. The number of nitrogen functional groups attached to an aromatic ring is 1. The number of rotatable bonds is 18. The largest absolute Gasteiger partial charge is 0.399 e. The molecule has 5 aliphatic heterocycles. The van der Waals surface area contributed by atoms with E-state index in [1.54, 1.807) is 27.8 Å². The smallest absolute Gasteiger partial charge is 0.369 e. The molecule has 26 heteroatoms. The van der Waals surface area contributed by atoms with Gasteiger partial charge >= 0.3 is 13.3 Å². The number of halogens is 2. The van der Waals surface area contributed by atoms with E-state index in [-0.39, 0.29) is 97.0 Å². The number of carbonyl (C=O) groups excluding carboxylic acids is 8. The highest BCUT2D eigenvalue weighted by molar-refractivity contribution is 7.52. The van der Waals surface area contributed by atoms with Crippen LogP contribution in [-0.4, -0.2) is 155 Å². The highest BCUT2D eigenvalue weighted by Crippen LogP contribution is 2.59. The molecule has 8 N–H and O–H groups in total. The number of piperidine rings is 2. The summed E-state index contributed by atoms with van der Waals surface area (Å²) in [5.41, 5.74) is 4.48. The van der Waals surface area contributed by atoms with Crippen molar-refractivity contribution in [3.63, 3.8) is 0 Å². The normalized spacial score (nSPS) is 21.0. The Labute approximate surface area is 524 Å². The van der Waals surface area contributed by atoms with Gasteiger partial charge in [0, 0.05) is 98.4 Å². The van der Waals surface area contributed by atoms with Crippen LogP contribution in [-0.2, 0) is 63.9 Å². The molecular formula is C64H76F2N11O11PS. The highest BCUT2D eigenvalue weighted by Gasteiger charge is 2.51. The standard InChI is InChI=1S/C64H76F2N11O11PS/c1-5-73-28-25-44-18-19-51(77(44)61(85)49(37-73)71-58(82)53-35-41-34-43(17-21-52(41)90-53)64(65,66)89(86,87)88)57(81)69-47(26-31-75-32-27-68-62(75)67)55(79)70-48(33-39-13-15-42(16-14-39)63(2,3)4)60(84)74-29-23-38(24-30-74)9-6-7-10-40-11-8-12-45-46(40)36-76(59(45)83)50-20-22-54(78)72-56(50)80/h8,11-17,21,27,32,34-35,38,44,47-51H,5-6,9,18-20,22-26,28-31,33,36-37H2,1-4H3,(H2,67,68)(H,69,81)(H,70,79)(H,71,82)(H,72,78,80)(H2,86,87,88)/t44-,47?,48?,49+,50?,51+/m1/s1. The molecule has 0 radical (unpaired) electrons. The van der Waals surface area contributed by atoms with E-state index in [2.05, 4.69) is 58.9 Å². The van der Waals surface area contributed by atoms with Gasteiger partial charge < -0.3 is 55.6 Å². The molecule has 10 rings (SSSR count). The number of nitrogens with two attached hydrogens (primary N) is 1. The zero-order valence-corrected chi connectivity index (χ0v) is 52.4. The molecule has 8 amide bonds. The number of carbonyl (C=O) groups is 8. The minimum atomic E-state index is -5.87. The first kappa shape index (κ1) is 65.1. The number of nitrogens with zero attached hydrogens (tertiary/aromatic N) is 6. The van der Waals surface area contributed by atoms with E-state index in [1.165, 1.54) is 28.1 Å². The Morgan fingerprint density at radius 2 is 1.66 bits per heavy atom. The number of amides is 8. The Morgan fingerprint density at radius 1 is 0.911 bits per heavy atom. The number of fused-ring (bicyclic) bond motifs is 3. The van der Waals surface area contributed by atoms with Gasteiger partial charge in [-0.25, -0.2) is 4.98 Å². The van der Waals surface area contributed by atoms with Crippen LogP contribution in [0.2, 0.25) is 0 Å². The van der Waals surface area contributed by atoms with Gasteiger partial charge in [0.25, 0.3) is 11.8 Å². The van der Waals surface area contributed by atoms with Gasteiger partial charge in [0.1, 0.15) is 30.2 Å². The second-order valence-electron chi connectivity index (χ2n) is 25.0. The number of aromatic nitrogens is 2. The Morgan fingerprint density at radius 3 is 2.34 bits per heavy atom. The third-order valence-corrected chi connectivity index (χ3v) is 20.2. The predicted octanol–water partition coefficient (Wildman–Crippen LogP) is 5.52. The van der Waals surface area contributed by atoms with Gasteiger partial charge in [0.2, 0.25) is 35.4 Å². The number of hydrogen-bond donors (Lipinski definition) is 7. The quantitative estimate of drug-likeness (QED) is 0.0323. The van der Waals surface area contributed by atoms with Crippen molar-refractivity contribution in [1.29, 1.82) is 0 Å². The van der Waals surface area contributed by atoms with Crippen molar-refractivity contribution < 1.29 is 61.5 Å². The topological polar surface area (TPSA) is 299 Å². The van der Waals surface area contributed by atoms with Crippen molar-refractivity contribution in [2.75, 3.05) is 38.5 Å². The molecule has 5 aliphatic rings. The molecule has 7 heterocycles. The summed E-state index contributed by atoms with van der Waals surface area (Å²) in [6, 6.07) is 12.0. The van der Waals surface area contributed by atoms with Crippen molar-refractivity contribution >= 4 is 82.2 Å². The first-order chi connectivity index (χ1) is 42.8. The van der Waals surface area contributed by atoms with Gasteiger partial charge in [-0.05, 0) is 122 Å². The molecule has 90 heavy (non-hydrogen) atoms. The highest BCUT2D eigenvalue weighted by atomic mass is 32.1.